The molecule has 0 saturated carbocycles. The summed E-state index contributed by atoms with van der Waals surface area (Å²) in [5.74, 6) is -4.92. The van der Waals surface area contributed by atoms with Crippen molar-refractivity contribution in [2.45, 2.75) is 13.0 Å². The van der Waals surface area contributed by atoms with Gasteiger partial charge in [0.1, 0.15) is 6.04 Å². The molecule has 128 valence electrons. The third kappa shape index (κ3) is 3.57. The lowest BCUT2D eigenvalue weighted by atomic mass is 10.1. The normalized spacial score (nSPS) is 12.0. The predicted octanol–water partition coefficient (Wildman–Crippen LogP) is 4.70. The third-order valence-electron chi connectivity index (χ3n) is 3.82. The maximum Gasteiger partial charge on any atom is 0.246 e. The average molecular weight is 344 g/mol. The summed E-state index contributed by atoms with van der Waals surface area (Å²) in [6, 6.07) is 14.4. The molecule has 0 unspecified atom stereocenters. The molecule has 0 aromatic heterocycles. The van der Waals surface area contributed by atoms with E-state index in [1.54, 1.807) is 6.92 Å². The van der Waals surface area contributed by atoms with Crippen LogP contribution >= 0.6 is 0 Å². The highest BCUT2D eigenvalue weighted by atomic mass is 19.2. The zero-order valence-corrected chi connectivity index (χ0v) is 13.3. The Kier molecular flexibility index (Phi) is 4.61. The van der Waals surface area contributed by atoms with Crippen LogP contribution in [0.2, 0.25) is 0 Å². The number of nitrogens with one attached hydrogen (secondary N) is 2. The zero-order chi connectivity index (χ0) is 18.0. The Balaban J connectivity index is 1.73. The second-order valence-corrected chi connectivity index (χ2v) is 5.64. The molecule has 0 aliphatic rings. The van der Waals surface area contributed by atoms with Gasteiger partial charge in [0, 0.05) is 5.69 Å². The maximum absolute atomic E-state index is 13.6. The van der Waals surface area contributed by atoms with Gasteiger partial charge in [0.25, 0.3) is 0 Å². The number of carbonyl (C=O) groups excluding carboxylic acids is 1. The lowest BCUT2D eigenvalue weighted by Crippen LogP contribution is -2.32. The van der Waals surface area contributed by atoms with Crippen LogP contribution in [-0.4, -0.2) is 11.9 Å². The van der Waals surface area contributed by atoms with E-state index in [2.05, 4.69) is 10.6 Å². The first-order chi connectivity index (χ1) is 12.0. The molecule has 0 bridgehead atoms. The summed E-state index contributed by atoms with van der Waals surface area (Å²) in [5.41, 5.74) is 0.308. The van der Waals surface area contributed by atoms with E-state index in [0.717, 1.165) is 22.9 Å². The summed E-state index contributed by atoms with van der Waals surface area (Å²) in [7, 11) is 0. The van der Waals surface area contributed by atoms with Gasteiger partial charge in [-0.15, -0.1) is 0 Å². The summed E-state index contributed by atoms with van der Waals surface area (Å²) in [6.45, 7) is 1.59. The fraction of sp³-hybridized carbons (Fsp3) is 0.105. The van der Waals surface area contributed by atoms with Crippen LogP contribution in [0.5, 0.6) is 0 Å². The topological polar surface area (TPSA) is 41.1 Å². The molecule has 3 nitrogen and oxygen atoms in total. The summed E-state index contributed by atoms with van der Waals surface area (Å²) in [5, 5.41) is 7.32. The van der Waals surface area contributed by atoms with E-state index in [1.165, 1.54) is 0 Å². The van der Waals surface area contributed by atoms with E-state index >= 15 is 0 Å². The van der Waals surface area contributed by atoms with Crippen LogP contribution in [0.3, 0.4) is 0 Å². The van der Waals surface area contributed by atoms with E-state index in [4.69, 9.17) is 0 Å². The second kappa shape index (κ2) is 6.84. The van der Waals surface area contributed by atoms with Crippen LogP contribution in [-0.2, 0) is 4.79 Å². The molecule has 1 atom stereocenters. The molecule has 25 heavy (non-hydrogen) atoms. The van der Waals surface area contributed by atoms with Crippen LogP contribution in [0.25, 0.3) is 10.8 Å². The van der Waals surface area contributed by atoms with Crippen molar-refractivity contribution in [1.82, 2.24) is 0 Å². The van der Waals surface area contributed by atoms with Crippen molar-refractivity contribution in [1.29, 1.82) is 0 Å². The quantitative estimate of drug-likeness (QED) is 0.674. The summed E-state index contributed by atoms with van der Waals surface area (Å²) >= 11 is 0. The summed E-state index contributed by atoms with van der Waals surface area (Å²) in [6.07, 6.45) is 0. The molecule has 0 heterocycles. The van der Waals surface area contributed by atoms with E-state index in [-0.39, 0.29) is 0 Å². The van der Waals surface area contributed by atoms with Crippen molar-refractivity contribution in [2.24, 2.45) is 0 Å². The highest BCUT2D eigenvalue weighted by molar-refractivity contribution is 5.96. The molecule has 3 aromatic rings. The molecule has 0 spiro atoms. The van der Waals surface area contributed by atoms with Crippen molar-refractivity contribution >= 4 is 28.1 Å². The number of anilines is 2. The van der Waals surface area contributed by atoms with Gasteiger partial charge in [0.05, 0.1) is 5.69 Å². The van der Waals surface area contributed by atoms with Crippen LogP contribution in [0.4, 0.5) is 24.5 Å². The first kappa shape index (κ1) is 16.8. The minimum absolute atomic E-state index is 0.406. The Morgan fingerprint density at radius 2 is 1.64 bits per heavy atom. The molecular weight excluding hydrogens is 329 g/mol. The Bertz CT molecular complexity index is 943. The van der Waals surface area contributed by atoms with E-state index in [0.29, 0.717) is 5.69 Å². The fourth-order valence-electron chi connectivity index (χ4n) is 2.46. The van der Waals surface area contributed by atoms with E-state index in [9.17, 15) is 18.0 Å². The Hall–Kier alpha value is -3.02. The van der Waals surface area contributed by atoms with Crippen LogP contribution in [0, 0.1) is 17.5 Å². The average Bonchev–Trinajstić information content (AvgIpc) is 2.62. The SMILES string of the molecule is C[C@H](Nc1ccc2ccccc2c1)C(=O)Nc1ccc(F)c(F)c1F. The Morgan fingerprint density at radius 3 is 2.40 bits per heavy atom. The highest BCUT2D eigenvalue weighted by Crippen LogP contribution is 2.21. The first-order valence-electron chi connectivity index (χ1n) is 7.65. The van der Waals surface area contributed by atoms with Gasteiger partial charge >= 0.3 is 0 Å². The molecule has 0 fully saturated rings. The molecule has 0 aliphatic carbocycles. The van der Waals surface area contributed by atoms with Crippen molar-refractivity contribution < 1.29 is 18.0 Å². The summed E-state index contributed by atoms with van der Waals surface area (Å²) in [4.78, 5) is 12.2. The summed E-state index contributed by atoms with van der Waals surface area (Å²) < 4.78 is 39.8. The molecule has 2 N–H and O–H groups in total. The molecule has 0 aliphatic heterocycles. The third-order valence-corrected chi connectivity index (χ3v) is 3.82. The van der Waals surface area contributed by atoms with Crippen LogP contribution < -0.4 is 10.6 Å². The number of carbonyl (C=O) groups is 1. The van der Waals surface area contributed by atoms with E-state index < -0.39 is 35.1 Å². The van der Waals surface area contributed by atoms with Gasteiger partial charge in [-0.3, -0.25) is 4.79 Å². The van der Waals surface area contributed by atoms with Gasteiger partial charge < -0.3 is 10.6 Å². The van der Waals surface area contributed by atoms with Gasteiger partial charge in [-0.05, 0) is 42.0 Å². The number of halogens is 3. The number of amides is 1. The second-order valence-electron chi connectivity index (χ2n) is 5.64. The van der Waals surface area contributed by atoms with Crippen LogP contribution in [0.15, 0.2) is 54.6 Å². The van der Waals surface area contributed by atoms with E-state index in [1.807, 2.05) is 42.5 Å². The predicted molar refractivity (Wildman–Crippen MR) is 92.0 cm³/mol. The molecule has 3 rings (SSSR count). The van der Waals surface area contributed by atoms with Crippen LogP contribution in [0.1, 0.15) is 6.92 Å². The maximum atomic E-state index is 13.6. The van der Waals surface area contributed by atoms with Gasteiger partial charge in [0.2, 0.25) is 5.91 Å². The Morgan fingerprint density at radius 1 is 0.920 bits per heavy atom. The molecule has 3 aromatic carbocycles. The zero-order valence-electron chi connectivity index (χ0n) is 13.3. The largest absolute Gasteiger partial charge is 0.374 e. The minimum Gasteiger partial charge on any atom is -0.374 e. The molecule has 1 amide bonds. The smallest absolute Gasteiger partial charge is 0.246 e. The van der Waals surface area contributed by atoms with Gasteiger partial charge in [-0.1, -0.05) is 30.3 Å². The van der Waals surface area contributed by atoms with Gasteiger partial charge in [-0.25, -0.2) is 13.2 Å². The lowest BCUT2D eigenvalue weighted by molar-refractivity contribution is -0.116. The molecular formula is C19H15F3N2O. The van der Waals surface area contributed by atoms with Crippen molar-refractivity contribution in [3.05, 3.63) is 72.0 Å². The molecule has 6 heteroatoms. The fourth-order valence-corrected chi connectivity index (χ4v) is 2.46. The number of fused-ring (bicyclic) bond motifs is 1. The molecule has 0 radical (unpaired) electrons. The monoisotopic (exact) mass is 344 g/mol. The highest BCUT2D eigenvalue weighted by Gasteiger charge is 2.18. The minimum atomic E-state index is -1.62. The number of benzene rings is 3. The number of hydrogen-bond acceptors (Lipinski definition) is 2. The van der Waals surface area contributed by atoms with Crippen molar-refractivity contribution in [3.8, 4) is 0 Å². The van der Waals surface area contributed by atoms with Crippen molar-refractivity contribution in [2.75, 3.05) is 10.6 Å². The standard InChI is InChI=1S/C19H15F3N2O/c1-11(19(25)24-16-9-8-15(20)17(21)18(16)22)23-14-7-6-12-4-2-3-5-13(12)10-14/h2-11,23H,1H3,(H,24,25)/t11-/m0/s1. The molecule has 0 saturated heterocycles. The first-order valence-corrected chi connectivity index (χ1v) is 7.65. The lowest BCUT2D eigenvalue weighted by Gasteiger charge is -2.16. The van der Waals surface area contributed by atoms with Crippen molar-refractivity contribution in [3.63, 3.8) is 0 Å². The van der Waals surface area contributed by atoms with Gasteiger partial charge in [-0.2, -0.15) is 0 Å². The van der Waals surface area contributed by atoms with Gasteiger partial charge in [0.15, 0.2) is 17.5 Å². The number of hydrogen-bond donors (Lipinski definition) is 2. The Labute approximate surface area is 142 Å². The number of rotatable bonds is 4.